The molecular weight excluding hydrogens is 397 g/mol. The molecule has 0 radical (unpaired) electrons. The lowest BCUT2D eigenvalue weighted by molar-refractivity contribution is -0.136. The number of carbonyl (C=O) groups excluding carboxylic acids is 1. The van der Waals surface area contributed by atoms with Crippen molar-refractivity contribution in [1.29, 1.82) is 5.26 Å². The molecule has 3 rings (SSSR count). The van der Waals surface area contributed by atoms with Crippen molar-refractivity contribution in [3.05, 3.63) is 94.8 Å². The van der Waals surface area contributed by atoms with Crippen LogP contribution in [0.2, 0.25) is 0 Å². The van der Waals surface area contributed by atoms with Gasteiger partial charge >= 0.3 is 5.97 Å². The van der Waals surface area contributed by atoms with Gasteiger partial charge in [0.1, 0.15) is 23.4 Å². The van der Waals surface area contributed by atoms with Crippen LogP contribution < -0.4 is 4.74 Å². The monoisotopic (exact) mass is 417 g/mol. The third kappa shape index (κ3) is 6.25. The molecule has 31 heavy (non-hydrogen) atoms. The van der Waals surface area contributed by atoms with Crippen molar-refractivity contribution in [2.75, 3.05) is 0 Å². The number of carboxylic acid groups (broad SMARTS) is 1. The summed E-state index contributed by atoms with van der Waals surface area (Å²) in [6, 6.07) is 19.6. The maximum atomic E-state index is 12.9. The minimum absolute atomic E-state index is 0.00407. The smallest absolute Gasteiger partial charge is 0.307 e. The zero-order valence-electron chi connectivity index (χ0n) is 16.7. The molecule has 0 spiro atoms. The summed E-state index contributed by atoms with van der Waals surface area (Å²) in [4.78, 5) is 23.2. The van der Waals surface area contributed by atoms with Crippen molar-refractivity contribution in [1.82, 2.24) is 0 Å². The van der Waals surface area contributed by atoms with E-state index in [1.54, 1.807) is 48.5 Å². The first-order valence-electron chi connectivity index (χ1n) is 9.75. The van der Waals surface area contributed by atoms with E-state index in [0.29, 0.717) is 41.9 Å². The second-order valence-corrected chi connectivity index (χ2v) is 7.04. The first-order chi connectivity index (χ1) is 14.9. The van der Waals surface area contributed by atoms with Gasteiger partial charge in [-0.3, -0.25) is 9.59 Å². The van der Waals surface area contributed by atoms with Crippen LogP contribution in [-0.4, -0.2) is 16.9 Å². The van der Waals surface area contributed by atoms with Crippen molar-refractivity contribution in [2.24, 2.45) is 0 Å². The minimum Gasteiger partial charge on any atom is -0.481 e. The Morgan fingerprint density at radius 1 is 0.968 bits per heavy atom. The average Bonchev–Trinajstić information content (AvgIpc) is 2.76. The fourth-order valence-electron chi connectivity index (χ4n) is 3.12. The van der Waals surface area contributed by atoms with Gasteiger partial charge < -0.3 is 9.84 Å². The van der Waals surface area contributed by atoms with Gasteiger partial charge in [0.05, 0.1) is 12.0 Å². The lowest BCUT2D eigenvalue weighted by atomic mass is 10.0. The van der Waals surface area contributed by atoms with Gasteiger partial charge in [-0.15, -0.1) is 0 Å². The number of carboxylic acids is 1. The van der Waals surface area contributed by atoms with Gasteiger partial charge in [-0.05, 0) is 72.5 Å². The molecule has 156 valence electrons. The molecule has 3 aromatic rings. The lowest BCUT2D eigenvalue weighted by Crippen LogP contribution is -2.01. The van der Waals surface area contributed by atoms with E-state index in [2.05, 4.69) is 0 Å². The summed E-state index contributed by atoms with van der Waals surface area (Å²) in [7, 11) is 0. The van der Waals surface area contributed by atoms with Gasteiger partial charge in [0, 0.05) is 12.0 Å². The lowest BCUT2D eigenvalue weighted by Gasteiger charge is -2.09. The number of rotatable bonds is 9. The maximum absolute atomic E-state index is 12.9. The van der Waals surface area contributed by atoms with E-state index in [-0.39, 0.29) is 23.6 Å². The number of hydrogen-bond acceptors (Lipinski definition) is 4. The number of carbonyl (C=O) groups is 2. The average molecular weight is 417 g/mol. The first-order valence-corrected chi connectivity index (χ1v) is 9.75. The number of nitriles is 1. The van der Waals surface area contributed by atoms with E-state index < -0.39 is 5.97 Å². The standard InChI is InChI=1S/C25H20FNO4/c26-21-9-4-17(5-10-21)2-1-3-23(28)19-7-11-22(12-8-19)31-24-13-6-18(15-25(29)30)14-20(24)16-27/h4-14H,1-3,15H2,(H,29,30). The highest BCUT2D eigenvalue weighted by atomic mass is 19.1. The number of hydrogen-bond donors (Lipinski definition) is 1. The summed E-state index contributed by atoms with van der Waals surface area (Å²) in [5.41, 5.74) is 2.29. The second-order valence-electron chi connectivity index (χ2n) is 7.04. The molecule has 0 amide bonds. The molecule has 0 aliphatic carbocycles. The van der Waals surface area contributed by atoms with E-state index in [4.69, 9.17) is 9.84 Å². The zero-order valence-corrected chi connectivity index (χ0v) is 16.7. The molecule has 0 unspecified atom stereocenters. The van der Waals surface area contributed by atoms with Crippen LogP contribution in [0.15, 0.2) is 66.7 Å². The molecule has 1 N–H and O–H groups in total. The molecule has 0 heterocycles. The Kier molecular flexibility index (Phi) is 7.13. The number of halogens is 1. The van der Waals surface area contributed by atoms with Gasteiger partial charge in [0.25, 0.3) is 0 Å². The Morgan fingerprint density at radius 2 is 1.65 bits per heavy atom. The number of Topliss-reactive ketones (excluding diaryl/α,β-unsaturated/α-hetero) is 1. The van der Waals surface area contributed by atoms with Gasteiger partial charge in [0.2, 0.25) is 0 Å². The Morgan fingerprint density at radius 3 is 2.29 bits per heavy atom. The molecule has 0 fully saturated rings. The third-order valence-corrected chi connectivity index (χ3v) is 4.71. The van der Waals surface area contributed by atoms with Crippen LogP contribution in [0.25, 0.3) is 0 Å². The van der Waals surface area contributed by atoms with Gasteiger partial charge in [-0.1, -0.05) is 18.2 Å². The van der Waals surface area contributed by atoms with Crippen LogP contribution in [0.3, 0.4) is 0 Å². The maximum Gasteiger partial charge on any atom is 0.307 e. The van der Waals surface area contributed by atoms with Crippen molar-refractivity contribution in [2.45, 2.75) is 25.7 Å². The van der Waals surface area contributed by atoms with Crippen LogP contribution >= 0.6 is 0 Å². The predicted molar refractivity (Wildman–Crippen MR) is 113 cm³/mol. The zero-order chi connectivity index (χ0) is 22.2. The molecule has 0 aliphatic rings. The Hall–Kier alpha value is -3.98. The molecule has 0 saturated carbocycles. The Bertz CT molecular complexity index is 1120. The fraction of sp³-hybridized carbons (Fsp3) is 0.160. The summed E-state index contributed by atoms with van der Waals surface area (Å²) in [5.74, 6) is -0.472. The third-order valence-electron chi connectivity index (χ3n) is 4.71. The number of aryl methyl sites for hydroxylation is 1. The molecule has 3 aromatic carbocycles. The van der Waals surface area contributed by atoms with Gasteiger partial charge in [-0.25, -0.2) is 4.39 Å². The van der Waals surface area contributed by atoms with E-state index >= 15 is 0 Å². The number of ketones is 1. The van der Waals surface area contributed by atoms with Crippen molar-refractivity contribution >= 4 is 11.8 Å². The highest BCUT2D eigenvalue weighted by Crippen LogP contribution is 2.26. The number of nitrogens with zero attached hydrogens (tertiary/aromatic N) is 1. The molecule has 0 aromatic heterocycles. The Labute approximate surface area is 179 Å². The molecular formula is C25H20FNO4. The van der Waals surface area contributed by atoms with E-state index in [0.717, 1.165) is 5.56 Å². The summed E-state index contributed by atoms with van der Waals surface area (Å²) in [5, 5.41) is 18.2. The first kappa shape index (κ1) is 21.7. The predicted octanol–water partition coefficient (Wildman–Crippen LogP) is 5.32. The number of aliphatic carboxylic acids is 1. The van der Waals surface area contributed by atoms with E-state index in [1.807, 2.05) is 6.07 Å². The number of ether oxygens (including phenoxy) is 1. The summed E-state index contributed by atoms with van der Waals surface area (Å²) in [6.45, 7) is 0. The van der Waals surface area contributed by atoms with Gasteiger partial charge in [-0.2, -0.15) is 5.26 Å². The molecule has 0 bridgehead atoms. The topological polar surface area (TPSA) is 87.4 Å². The van der Waals surface area contributed by atoms with Crippen molar-refractivity contribution in [3.63, 3.8) is 0 Å². The van der Waals surface area contributed by atoms with E-state index in [9.17, 15) is 19.2 Å². The van der Waals surface area contributed by atoms with Gasteiger partial charge in [0.15, 0.2) is 5.78 Å². The molecule has 5 nitrogen and oxygen atoms in total. The van der Waals surface area contributed by atoms with Crippen molar-refractivity contribution in [3.8, 4) is 17.6 Å². The van der Waals surface area contributed by atoms with Crippen LogP contribution in [0, 0.1) is 17.1 Å². The van der Waals surface area contributed by atoms with Crippen LogP contribution in [-0.2, 0) is 17.6 Å². The normalized spacial score (nSPS) is 10.3. The number of benzene rings is 3. The van der Waals surface area contributed by atoms with Crippen LogP contribution in [0.4, 0.5) is 4.39 Å². The highest BCUT2D eigenvalue weighted by molar-refractivity contribution is 5.96. The Balaban J connectivity index is 1.58. The van der Waals surface area contributed by atoms with Crippen LogP contribution in [0.5, 0.6) is 11.5 Å². The summed E-state index contributed by atoms with van der Waals surface area (Å²) < 4.78 is 18.7. The molecule has 0 aliphatic heterocycles. The highest BCUT2D eigenvalue weighted by Gasteiger charge is 2.10. The fourth-order valence-corrected chi connectivity index (χ4v) is 3.12. The van der Waals surface area contributed by atoms with Crippen LogP contribution in [0.1, 0.15) is 39.9 Å². The minimum atomic E-state index is -0.976. The quantitative estimate of drug-likeness (QED) is 0.476. The summed E-state index contributed by atoms with van der Waals surface area (Å²) >= 11 is 0. The second kappa shape index (κ2) is 10.2. The van der Waals surface area contributed by atoms with Crippen molar-refractivity contribution < 1.29 is 23.8 Å². The molecule has 6 heteroatoms. The SMILES string of the molecule is N#Cc1cc(CC(=O)O)ccc1Oc1ccc(C(=O)CCCc2ccc(F)cc2)cc1. The largest absolute Gasteiger partial charge is 0.481 e. The summed E-state index contributed by atoms with van der Waals surface area (Å²) in [6.07, 6.45) is 1.56. The van der Waals surface area contributed by atoms with E-state index in [1.165, 1.54) is 18.2 Å². The molecule has 0 atom stereocenters. The molecule has 0 saturated heterocycles.